The Kier molecular flexibility index (Phi) is 4.87. The van der Waals surface area contributed by atoms with Gasteiger partial charge in [-0.1, -0.05) is 32.6 Å². The molecule has 2 aliphatic carbocycles. The van der Waals surface area contributed by atoms with Gasteiger partial charge in [0.15, 0.2) is 0 Å². The lowest BCUT2D eigenvalue weighted by atomic mass is 9.92. The van der Waals surface area contributed by atoms with Crippen LogP contribution < -0.4 is 5.73 Å². The summed E-state index contributed by atoms with van der Waals surface area (Å²) in [6.45, 7) is 5.76. The third kappa shape index (κ3) is 3.03. The van der Waals surface area contributed by atoms with Crippen LogP contribution in [0.4, 0.5) is 0 Å². The van der Waals surface area contributed by atoms with Gasteiger partial charge in [-0.05, 0) is 44.6 Å². The Bertz CT molecular complexity index is 215. The number of rotatable bonds is 6. The molecule has 2 N–H and O–H groups in total. The van der Waals surface area contributed by atoms with E-state index < -0.39 is 0 Å². The van der Waals surface area contributed by atoms with Crippen molar-refractivity contribution in [1.29, 1.82) is 0 Å². The van der Waals surface area contributed by atoms with E-state index in [9.17, 15) is 0 Å². The molecule has 0 aromatic rings. The van der Waals surface area contributed by atoms with Crippen LogP contribution in [-0.4, -0.2) is 30.1 Å². The lowest BCUT2D eigenvalue weighted by Gasteiger charge is -2.42. The van der Waals surface area contributed by atoms with Crippen molar-refractivity contribution in [3.8, 4) is 0 Å². The molecule has 0 spiro atoms. The van der Waals surface area contributed by atoms with Crippen LogP contribution in [-0.2, 0) is 0 Å². The van der Waals surface area contributed by atoms with Crippen LogP contribution in [0.25, 0.3) is 0 Å². The van der Waals surface area contributed by atoms with Crippen LogP contribution in [0.5, 0.6) is 0 Å². The van der Waals surface area contributed by atoms with Gasteiger partial charge in [0, 0.05) is 18.6 Å². The maximum atomic E-state index is 6.13. The third-order valence-electron chi connectivity index (χ3n) is 5.03. The first kappa shape index (κ1) is 13.4. The molecule has 17 heavy (non-hydrogen) atoms. The van der Waals surface area contributed by atoms with Crippen molar-refractivity contribution >= 4 is 0 Å². The highest BCUT2D eigenvalue weighted by molar-refractivity contribution is 4.96. The quantitative estimate of drug-likeness (QED) is 0.770. The minimum atomic E-state index is 0.374. The lowest BCUT2D eigenvalue weighted by molar-refractivity contribution is 0.0804. The Balaban J connectivity index is 1.98. The zero-order valence-corrected chi connectivity index (χ0v) is 11.6. The Hall–Kier alpha value is -0.0800. The third-order valence-corrected chi connectivity index (χ3v) is 5.03. The summed E-state index contributed by atoms with van der Waals surface area (Å²) in [6.07, 6.45) is 12.6. The van der Waals surface area contributed by atoms with Crippen LogP contribution in [0.15, 0.2) is 0 Å². The van der Waals surface area contributed by atoms with Crippen LogP contribution in [0, 0.1) is 5.92 Å². The lowest BCUT2D eigenvalue weighted by Crippen LogP contribution is -2.53. The van der Waals surface area contributed by atoms with Crippen LogP contribution in [0.2, 0.25) is 0 Å². The summed E-state index contributed by atoms with van der Waals surface area (Å²) in [7, 11) is 0. The molecular formula is C15H30N2. The average molecular weight is 238 g/mol. The predicted molar refractivity (Wildman–Crippen MR) is 74.1 cm³/mol. The summed E-state index contributed by atoms with van der Waals surface area (Å²) in [5.41, 5.74) is 6.51. The number of nitrogens with zero attached hydrogens (tertiary/aromatic N) is 1. The van der Waals surface area contributed by atoms with Gasteiger partial charge in [-0.3, -0.25) is 4.90 Å². The van der Waals surface area contributed by atoms with Crippen molar-refractivity contribution in [2.24, 2.45) is 11.7 Å². The Morgan fingerprint density at radius 2 is 1.76 bits per heavy atom. The molecule has 0 bridgehead atoms. The number of hydrogen-bond acceptors (Lipinski definition) is 2. The predicted octanol–water partition coefficient (Wildman–Crippen LogP) is 3.16. The van der Waals surface area contributed by atoms with Gasteiger partial charge in [0.05, 0.1) is 0 Å². The van der Waals surface area contributed by atoms with Gasteiger partial charge >= 0.3 is 0 Å². The van der Waals surface area contributed by atoms with Crippen LogP contribution >= 0.6 is 0 Å². The summed E-state index contributed by atoms with van der Waals surface area (Å²) < 4.78 is 0. The maximum absolute atomic E-state index is 6.13. The molecule has 2 heteroatoms. The first-order valence-corrected chi connectivity index (χ1v) is 7.76. The normalized spacial score (nSPS) is 24.9. The first-order chi connectivity index (χ1) is 8.30. The fourth-order valence-electron chi connectivity index (χ4n) is 3.98. The van der Waals surface area contributed by atoms with Gasteiger partial charge in [-0.15, -0.1) is 0 Å². The molecule has 0 aromatic heterocycles. The smallest absolute Gasteiger partial charge is 0.0331 e. The summed E-state index contributed by atoms with van der Waals surface area (Å²) >= 11 is 0. The zero-order valence-electron chi connectivity index (χ0n) is 11.6. The van der Waals surface area contributed by atoms with Crippen molar-refractivity contribution in [2.75, 3.05) is 19.6 Å². The van der Waals surface area contributed by atoms with E-state index in [-0.39, 0.29) is 0 Å². The molecule has 0 radical (unpaired) electrons. The molecule has 0 heterocycles. The van der Waals surface area contributed by atoms with Gasteiger partial charge in [-0.25, -0.2) is 0 Å². The zero-order chi connectivity index (χ0) is 12.1. The highest BCUT2D eigenvalue weighted by Gasteiger charge is 2.38. The van der Waals surface area contributed by atoms with E-state index in [1.165, 1.54) is 70.9 Å². The van der Waals surface area contributed by atoms with E-state index in [0.717, 1.165) is 12.5 Å². The highest BCUT2D eigenvalue weighted by Crippen LogP contribution is 2.36. The molecular weight excluding hydrogens is 208 g/mol. The second-order valence-electron chi connectivity index (χ2n) is 6.23. The Morgan fingerprint density at radius 3 is 2.29 bits per heavy atom. The fraction of sp³-hybridized carbons (Fsp3) is 1.00. The van der Waals surface area contributed by atoms with Gasteiger partial charge in [0.1, 0.15) is 0 Å². The van der Waals surface area contributed by atoms with Crippen molar-refractivity contribution in [1.82, 2.24) is 4.90 Å². The summed E-state index contributed by atoms with van der Waals surface area (Å²) in [5.74, 6) is 0.963. The van der Waals surface area contributed by atoms with Crippen molar-refractivity contribution in [2.45, 2.75) is 70.3 Å². The first-order valence-electron chi connectivity index (χ1n) is 7.76. The van der Waals surface area contributed by atoms with E-state index in [0.29, 0.717) is 5.54 Å². The molecule has 2 saturated carbocycles. The van der Waals surface area contributed by atoms with Crippen molar-refractivity contribution < 1.29 is 0 Å². The molecule has 2 aliphatic rings. The topological polar surface area (TPSA) is 29.3 Å². The van der Waals surface area contributed by atoms with Gasteiger partial charge in [0.25, 0.3) is 0 Å². The standard InChI is InChI=1S/C15H30N2/c1-2-11-17(12-14-7-3-4-8-14)15(13-16)9-5-6-10-15/h14H,2-13,16H2,1H3. The van der Waals surface area contributed by atoms with Crippen molar-refractivity contribution in [3.05, 3.63) is 0 Å². The van der Waals surface area contributed by atoms with Gasteiger partial charge < -0.3 is 5.73 Å². The molecule has 0 aliphatic heterocycles. The molecule has 0 atom stereocenters. The van der Waals surface area contributed by atoms with E-state index in [2.05, 4.69) is 11.8 Å². The molecule has 0 amide bonds. The van der Waals surface area contributed by atoms with Crippen molar-refractivity contribution in [3.63, 3.8) is 0 Å². The summed E-state index contributed by atoms with van der Waals surface area (Å²) in [6, 6.07) is 0. The van der Waals surface area contributed by atoms with E-state index >= 15 is 0 Å². The Labute approximate surface area is 107 Å². The second-order valence-corrected chi connectivity index (χ2v) is 6.23. The number of hydrogen-bond donors (Lipinski definition) is 1. The molecule has 0 aromatic carbocycles. The van der Waals surface area contributed by atoms with Crippen LogP contribution in [0.1, 0.15) is 64.7 Å². The van der Waals surface area contributed by atoms with E-state index in [1.807, 2.05) is 0 Å². The SMILES string of the molecule is CCCN(CC1CCCC1)C1(CN)CCCC1. The molecule has 100 valence electrons. The van der Waals surface area contributed by atoms with E-state index in [4.69, 9.17) is 5.73 Å². The average Bonchev–Trinajstić information content (AvgIpc) is 3.00. The second kappa shape index (κ2) is 6.19. The van der Waals surface area contributed by atoms with Gasteiger partial charge in [-0.2, -0.15) is 0 Å². The van der Waals surface area contributed by atoms with Gasteiger partial charge in [0.2, 0.25) is 0 Å². The molecule has 0 unspecified atom stereocenters. The molecule has 2 rings (SSSR count). The number of nitrogens with two attached hydrogens (primary N) is 1. The highest BCUT2D eigenvalue weighted by atomic mass is 15.2. The van der Waals surface area contributed by atoms with Crippen LogP contribution in [0.3, 0.4) is 0 Å². The molecule has 2 fully saturated rings. The molecule has 2 nitrogen and oxygen atoms in total. The largest absolute Gasteiger partial charge is 0.329 e. The summed E-state index contributed by atoms with van der Waals surface area (Å²) in [5, 5.41) is 0. The molecule has 0 saturated heterocycles. The van der Waals surface area contributed by atoms with E-state index in [1.54, 1.807) is 0 Å². The Morgan fingerprint density at radius 1 is 1.12 bits per heavy atom. The fourth-order valence-corrected chi connectivity index (χ4v) is 3.98. The monoisotopic (exact) mass is 238 g/mol. The minimum absolute atomic E-state index is 0.374. The minimum Gasteiger partial charge on any atom is -0.329 e. The maximum Gasteiger partial charge on any atom is 0.0331 e. The summed E-state index contributed by atoms with van der Waals surface area (Å²) in [4.78, 5) is 2.77.